The van der Waals surface area contributed by atoms with Crippen LogP contribution in [0.3, 0.4) is 0 Å². The third-order valence-corrected chi connectivity index (χ3v) is 5.70. The van der Waals surface area contributed by atoms with Gasteiger partial charge in [-0.05, 0) is 31.5 Å². The molecule has 8 nitrogen and oxygen atoms in total. The van der Waals surface area contributed by atoms with Gasteiger partial charge in [0, 0.05) is 39.0 Å². The molecule has 0 N–H and O–H groups in total. The van der Waals surface area contributed by atoms with E-state index in [4.69, 9.17) is 4.74 Å². The molecule has 1 aromatic carbocycles. The van der Waals surface area contributed by atoms with Crippen LogP contribution in [-0.4, -0.2) is 73.2 Å². The molecule has 3 aliphatic rings. The van der Waals surface area contributed by atoms with E-state index in [-0.39, 0.29) is 17.8 Å². The van der Waals surface area contributed by atoms with Gasteiger partial charge in [0.05, 0.1) is 24.5 Å². The third-order valence-electron chi connectivity index (χ3n) is 5.70. The van der Waals surface area contributed by atoms with E-state index in [1.165, 1.54) is 17.9 Å². The summed E-state index contributed by atoms with van der Waals surface area (Å²) in [6, 6.07) is 4.74. The Morgan fingerprint density at radius 3 is 2.72 bits per heavy atom. The minimum absolute atomic E-state index is 0.0471. The van der Waals surface area contributed by atoms with E-state index in [2.05, 4.69) is 0 Å². The zero-order valence-electron chi connectivity index (χ0n) is 16.5. The van der Waals surface area contributed by atoms with Crippen LogP contribution in [0.2, 0.25) is 0 Å². The minimum atomic E-state index is -0.521. The number of anilines is 2. The van der Waals surface area contributed by atoms with Gasteiger partial charge >= 0.3 is 6.09 Å². The first-order valence-electron chi connectivity index (χ1n) is 9.99. The Kier molecular flexibility index (Phi) is 5.40. The Labute approximate surface area is 168 Å². The SMILES string of the molecule is CC(=O)CC[C@H]1CN(c2ccc(N3CCN4CCC(=O)N4CC3)c(F)c2)C(=O)O1. The molecule has 156 valence electrons. The van der Waals surface area contributed by atoms with Crippen molar-refractivity contribution in [2.45, 2.75) is 32.3 Å². The molecule has 0 aliphatic carbocycles. The van der Waals surface area contributed by atoms with Crippen molar-refractivity contribution in [2.24, 2.45) is 0 Å². The van der Waals surface area contributed by atoms with Crippen LogP contribution < -0.4 is 9.80 Å². The van der Waals surface area contributed by atoms with E-state index >= 15 is 0 Å². The van der Waals surface area contributed by atoms with Crippen LogP contribution in [-0.2, 0) is 14.3 Å². The van der Waals surface area contributed by atoms with Crippen LogP contribution in [0.4, 0.5) is 20.6 Å². The second kappa shape index (κ2) is 7.98. The van der Waals surface area contributed by atoms with Gasteiger partial charge in [0.15, 0.2) is 0 Å². The van der Waals surface area contributed by atoms with Crippen molar-refractivity contribution in [1.82, 2.24) is 10.0 Å². The van der Waals surface area contributed by atoms with Crippen molar-refractivity contribution in [3.05, 3.63) is 24.0 Å². The number of hydrogen-bond acceptors (Lipinski definition) is 6. The number of cyclic esters (lactones) is 1. The van der Waals surface area contributed by atoms with Gasteiger partial charge in [-0.2, -0.15) is 0 Å². The first kappa shape index (κ1) is 19.6. The summed E-state index contributed by atoms with van der Waals surface area (Å²) in [5.74, 6) is -0.244. The van der Waals surface area contributed by atoms with E-state index in [0.717, 1.165) is 6.54 Å². The molecule has 0 spiro atoms. The van der Waals surface area contributed by atoms with Gasteiger partial charge < -0.3 is 14.4 Å². The molecule has 0 unspecified atom stereocenters. The monoisotopic (exact) mass is 404 g/mol. The molecule has 4 rings (SSSR count). The predicted octanol–water partition coefficient (Wildman–Crippen LogP) is 1.79. The lowest BCUT2D eigenvalue weighted by atomic mass is 10.1. The van der Waals surface area contributed by atoms with Crippen molar-refractivity contribution >= 4 is 29.2 Å². The molecule has 0 bridgehead atoms. The normalized spacial score (nSPS) is 22.7. The summed E-state index contributed by atoms with van der Waals surface area (Å²) in [5.41, 5.74) is 0.903. The highest BCUT2D eigenvalue weighted by Crippen LogP contribution is 2.29. The van der Waals surface area contributed by atoms with E-state index in [1.807, 2.05) is 9.91 Å². The summed E-state index contributed by atoms with van der Waals surface area (Å²) in [6.07, 6.45) is 0.483. The van der Waals surface area contributed by atoms with Crippen molar-refractivity contribution in [1.29, 1.82) is 0 Å². The highest BCUT2D eigenvalue weighted by molar-refractivity contribution is 5.90. The molecule has 0 saturated carbocycles. The minimum Gasteiger partial charge on any atom is -0.444 e. The lowest BCUT2D eigenvalue weighted by Gasteiger charge is -2.24. The van der Waals surface area contributed by atoms with Gasteiger partial charge in [-0.3, -0.25) is 14.7 Å². The predicted molar refractivity (Wildman–Crippen MR) is 104 cm³/mol. The smallest absolute Gasteiger partial charge is 0.414 e. The van der Waals surface area contributed by atoms with Crippen LogP contribution in [0.15, 0.2) is 18.2 Å². The molecule has 3 fully saturated rings. The number of amides is 2. The fraction of sp³-hybridized carbons (Fsp3) is 0.550. The lowest BCUT2D eigenvalue weighted by molar-refractivity contribution is -0.136. The maximum absolute atomic E-state index is 14.9. The lowest BCUT2D eigenvalue weighted by Crippen LogP contribution is -2.39. The molecule has 29 heavy (non-hydrogen) atoms. The zero-order chi connectivity index (χ0) is 20.5. The fourth-order valence-corrected chi connectivity index (χ4v) is 4.10. The van der Waals surface area contributed by atoms with Gasteiger partial charge in [-0.25, -0.2) is 14.2 Å². The number of hydrazine groups is 1. The van der Waals surface area contributed by atoms with Crippen LogP contribution in [0, 0.1) is 5.82 Å². The molecule has 1 atom stereocenters. The highest BCUT2D eigenvalue weighted by atomic mass is 19.1. The van der Waals surface area contributed by atoms with Gasteiger partial charge in [0.1, 0.15) is 17.7 Å². The summed E-state index contributed by atoms with van der Waals surface area (Å²) in [7, 11) is 0. The number of ketones is 1. The Morgan fingerprint density at radius 2 is 1.97 bits per heavy atom. The number of nitrogens with zero attached hydrogens (tertiary/aromatic N) is 4. The molecule has 3 heterocycles. The first-order chi connectivity index (χ1) is 13.9. The Bertz CT molecular complexity index is 833. The van der Waals surface area contributed by atoms with Gasteiger partial charge in [-0.15, -0.1) is 0 Å². The summed E-state index contributed by atoms with van der Waals surface area (Å²) >= 11 is 0. The maximum atomic E-state index is 14.9. The van der Waals surface area contributed by atoms with Crippen LogP contribution in [0.5, 0.6) is 0 Å². The maximum Gasteiger partial charge on any atom is 0.414 e. The number of rotatable bonds is 5. The van der Waals surface area contributed by atoms with Gasteiger partial charge in [0.25, 0.3) is 0 Å². The summed E-state index contributed by atoms with van der Waals surface area (Å²) in [5, 5.41) is 3.78. The number of fused-ring (bicyclic) bond motifs is 1. The fourth-order valence-electron chi connectivity index (χ4n) is 4.10. The Balaban J connectivity index is 1.44. The Hall–Kier alpha value is -2.68. The quantitative estimate of drug-likeness (QED) is 0.745. The number of Topliss-reactive ketones (excluding diaryl/α,β-unsaturated/α-hetero) is 1. The van der Waals surface area contributed by atoms with Crippen LogP contribution in [0.25, 0.3) is 0 Å². The standard InChI is InChI=1S/C20H25FN4O4/c1-14(26)2-4-16-13-24(20(28)29-16)15-3-5-18(17(21)12-15)22-8-10-23-7-6-19(27)25(23)11-9-22/h3,5,12,16H,2,4,6-11,13H2,1H3/t16-/m0/s1. The van der Waals surface area contributed by atoms with E-state index < -0.39 is 11.9 Å². The second-order valence-corrected chi connectivity index (χ2v) is 7.70. The van der Waals surface area contributed by atoms with Crippen LogP contribution >= 0.6 is 0 Å². The van der Waals surface area contributed by atoms with E-state index in [9.17, 15) is 18.8 Å². The van der Waals surface area contributed by atoms with Gasteiger partial charge in [-0.1, -0.05) is 0 Å². The number of carbonyl (C=O) groups excluding carboxylic acids is 3. The van der Waals surface area contributed by atoms with Gasteiger partial charge in [0.2, 0.25) is 5.91 Å². The molecule has 2 amide bonds. The van der Waals surface area contributed by atoms with E-state index in [1.54, 1.807) is 17.1 Å². The molecule has 0 radical (unpaired) electrons. The number of halogens is 1. The third kappa shape index (κ3) is 4.05. The van der Waals surface area contributed by atoms with E-state index in [0.29, 0.717) is 63.4 Å². The zero-order valence-corrected chi connectivity index (χ0v) is 16.5. The molecule has 9 heteroatoms. The summed E-state index contributed by atoms with van der Waals surface area (Å²) in [4.78, 5) is 38.6. The average Bonchev–Trinajstić information content (AvgIpc) is 3.15. The molecular formula is C20H25FN4O4. The molecular weight excluding hydrogens is 379 g/mol. The van der Waals surface area contributed by atoms with Crippen molar-refractivity contribution in [3.8, 4) is 0 Å². The molecule has 0 aromatic heterocycles. The first-order valence-corrected chi connectivity index (χ1v) is 9.99. The largest absolute Gasteiger partial charge is 0.444 e. The van der Waals surface area contributed by atoms with Crippen LogP contribution in [0.1, 0.15) is 26.2 Å². The van der Waals surface area contributed by atoms with Crippen molar-refractivity contribution in [3.63, 3.8) is 0 Å². The molecule has 3 aliphatic heterocycles. The summed E-state index contributed by atoms with van der Waals surface area (Å²) < 4.78 is 20.2. The second-order valence-electron chi connectivity index (χ2n) is 7.70. The summed E-state index contributed by atoms with van der Waals surface area (Å²) in [6.45, 7) is 4.91. The average molecular weight is 404 g/mol. The van der Waals surface area contributed by atoms with Crippen molar-refractivity contribution in [2.75, 3.05) is 49.1 Å². The number of benzene rings is 1. The number of hydrogen-bond donors (Lipinski definition) is 0. The Morgan fingerprint density at radius 1 is 1.17 bits per heavy atom. The molecule has 1 aromatic rings. The van der Waals surface area contributed by atoms with Crippen molar-refractivity contribution < 1.29 is 23.5 Å². The topological polar surface area (TPSA) is 73.4 Å². The highest BCUT2D eigenvalue weighted by Gasteiger charge is 2.34. The molecule has 3 saturated heterocycles. The number of ether oxygens (including phenoxy) is 1. The number of carbonyl (C=O) groups is 3.